The molecule has 270 valence electrons. The largest absolute Gasteiger partial charge is 0.356 e. The Morgan fingerprint density at radius 1 is 0.528 bits per heavy atom. The van der Waals surface area contributed by atoms with Crippen LogP contribution < -0.4 is 5.32 Å². The maximum Gasteiger partial charge on any atom is 0.0932 e. The molecule has 5 aromatic carbocycles. The molecule has 0 aliphatic carbocycles. The van der Waals surface area contributed by atoms with Crippen molar-refractivity contribution >= 4 is 43.7 Å². The third-order valence-electron chi connectivity index (χ3n) is 9.45. The van der Waals surface area contributed by atoms with Gasteiger partial charge in [0.15, 0.2) is 0 Å². The lowest BCUT2D eigenvalue weighted by Gasteiger charge is -2.22. The molecule has 0 spiro atoms. The van der Waals surface area contributed by atoms with Gasteiger partial charge in [0.25, 0.3) is 0 Å². The fourth-order valence-corrected chi connectivity index (χ4v) is 6.45. The average molecular weight is 699 g/mol. The van der Waals surface area contributed by atoms with Gasteiger partial charge in [0.1, 0.15) is 0 Å². The molecule has 0 atom stereocenters. The molecule has 0 saturated heterocycles. The number of allylic oxidation sites excluding steroid dienone is 2. The van der Waals surface area contributed by atoms with Crippen LogP contribution in [0.15, 0.2) is 152 Å². The Kier molecular flexibility index (Phi) is 13.3. The average Bonchev–Trinajstić information content (AvgIpc) is 3.17. The molecule has 1 N–H and O–H groups in total. The van der Waals surface area contributed by atoms with E-state index < -0.39 is 0 Å². The van der Waals surface area contributed by atoms with Gasteiger partial charge in [-0.15, -0.1) is 0 Å². The molecule has 0 radical (unpaired) electrons. The summed E-state index contributed by atoms with van der Waals surface area (Å²) in [6.07, 6.45) is 7.87. The number of hydrogen-bond donors (Lipinski definition) is 1. The van der Waals surface area contributed by atoms with Gasteiger partial charge in [-0.2, -0.15) is 10.2 Å². The second kappa shape index (κ2) is 18.2. The van der Waals surface area contributed by atoms with E-state index in [0.717, 1.165) is 11.2 Å². The number of fused-ring (bicyclic) bond motifs is 4. The minimum Gasteiger partial charge on any atom is -0.356 e. The molecule has 8 rings (SSSR count). The van der Waals surface area contributed by atoms with E-state index in [1.54, 1.807) is 0 Å². The first kappa shape index (κ1) is 38.6. The Labute approximate surface area is 316 Å². The number of aromatic nitrogens is 3. The van der Waals surface area contributed by atoms with Crippen molar-refractivity contribution in [3.63, 3.8) is 0 Å². The minimum atomic E-state index is 0.500. The zero-order valence-electron chi connectivity index (χ0n) is 32.6. The molecule has 4 nitrogen and oxygen atoms in total. The number of para-hydroxylation sites is 1. The van der Waals surface area contributed by atoms with Crippen LogP contribution in [0, 0.1) is 5.92 Å². The van der Waals surface area contributed by atoms with E-state index in [-0.39, 0.29) is 0 Å². The van der Waals surface area contributed by atoms with Gasteiger partial charge in [-0.3, -0.25) is 4.98 Å². The molecular formula is C49H54N4. The number of pyridine rings is 1. The number of benzene rings is 5. The smallest absolute Gasteiger partial charge is 0.0932 e. The first-order valence-electron chi connectivity index (χ1n) is 18.8. The summed E-state index contributed by atoms with van der Waals surface area (Å²) in [6.45, 7) is 21.6. The van der Waals surface area contributed by atoms with Gasteiger partial charge in [-0.05, 0) is 80.3 Å². The molecule has 3 heterocycles. The van der Waals surface area contributed by atoms with Crippen LogP contribution in [0.25, 0.3) is 38.0 Å². The molecule has 2 aromatic heterocycles. The van der Waals surface area contributed by atoms with Crippen molar-refractivity contribution in [3.8, 4) is 0 Å². The molecule has 0 amide bonds. The summed E-state index contributed by atoms with van der Waals surface area (Å²) in [6, 6.07) is 40.1. The van der Waals surface area contributed by atoms with Crippen molar-refractivity contribution in [1.29, 1.82) is 0 Å². The fourth-order valence-electron chi connectivity index (χ4n) is 6.45. The van der Waals surface area contributed by atoms with Crippen molar-refractivity contribution in [2.24, 2.45) is 5.92 Å². The second-order valence-corrected chi connectivity index (χ2v) is 14.8. The van der Waals surface area contributed by atoms with Gasteiger partial charge in [0.05, 0.1) is 11.7 Å². The van der Waals surface area contributed by atoms with Gasteiger partial charge in [0, 0.05) is 40.1 Å². The lowest BCUT2D eigenvalue weighted by molar-refractivity contribution is 0.853. The molecule has 4 heteroatoms. The van der Waals surface area contributed by atoms with Crippen LogP contribution in [0.1, 0.15) is 95.4 Å². The summed E-state index contributed by atoms with van der Waals surface area (Å²) in [5, 5.41) is 17.8. The molecule has 0 saturated carbocycles. The minimum absolute atomic E-state index is 0.500. The topological polar surface area (TPSA) is 50.7 Å². The lowest BCUT2D eigenvalue weighted by Crippen LogP contribution is -2.08. The molecule has 0 fully saturated rings. The Hall–Kier alpha value is -5.61. The Balaban J connectivity index is 0.000000136. The molecule has 0 unspecified atom stereocenters. The highest BCUT2D eigenvalue weighted by molar-refractivity contribution is 5.86. The summed E-state index contributed by atoms with van der Waals surface area (Å²) in [5.41, 5.74) is 9.81. The van der Waals surface area contributed by atoms with E-state index in [4.69, 9.17) is 0 Å². The van der Waals surface area contributed by atoms with E-state index in [9.17, 15) is 0 Å². The SMILES string of the molecule is C=C1C=C(C(C)C)c2ccccc2N1.CC(C)c1ccc2ccccc2c1.CC(C)c1cncc2ccccc12.CC(C)c1cnnc2ccccc12. The zero-order valence-corrected chi connectivity index (χ0v) is 32.6. The Bertz CT molecular complexity index is 2210. The van der Waals surface area contributed by atoms with Gasteiger partial charge in [0.2, 0.25) is 0 Å². The number of rotatable bonds is 4. The maximum atomic E-state index is 4.23. The number of anilines is 1. The molecular weight excluding hydrogens is 645 g/mol. The normalized spacial score (nSPS) is 12.0. The van der Waals surface area contributed by atoms with Gasteiger partial charge in [-0.1, -0.05) is 165 Å². The standard InChI is InChI=1S/C13H15N.C13H14.C12H13N.C11H12N2/c1-9(2)12-8-10(3)14-13-7-5-4-6-11(12)13;1-10(2)12-8-7-11-5-3-4-6-13(11)9-12;1-9(2)12-8-13-7-10-5-3-4-6-11(10)12;1-8(2)10-7-12-13-11-6-4-3-5-9(10)11/h4-9,14H,3H2,1-2H3;3-10H,1-2H3;3-9H,1-2H3;3-8H,1-2H3. The monoisotopic (exact) mass is 698 g/mol. The van der Waals surface area contributed by atoms with Gasteiger partial charge >= 0.3 is 0 Å². The van der Waals surface area contributed by atoms with Crippen molar-refractivity contribution in [3.05, 3.63) is 174 Å². The highest BCUT2D eigenvalue weighted by atomic mass is 15.1. The summed E-state index contributed by atoms with van der Waals surface area (Å²) >= 11 is 0. The summed E-state index contributed by atoms with van der Waals surface area (Å²) < 4.78 is 0. The van der Waals surface area contributed by atoms with Crippen LogP contribution >= 0.6 is 0 Å². The zero-order chi connectivity index (χ0) is 37.9. The van der Waals surface area contributed by atoms with Crippen LogP contribution in [0.5, 0.6) is 0 Å². The summed E-state index contributed by atoms with van der Waals surface area (Å²) in [4.78, 5) is 4.23. The maximum absolute atomic E-state index is 4.23. The summed E-state index contributed by atoms with van der Waals surface area (Å²) in [7, 11) is 0. The number of nitrogens with zero attached hydrogens (tertiary/aromatic N) is 3. The van der Waals surface area contributed by atoms with E-state index >= 15 is 0 Å². The van der Waals surface area contributed by atoms with Crippen LogP contribution in [-0.2, 0) is 0 Å². The molecule has 7 aromatic rings. The van der Waals surface area contributed by atoms with Crippen molar-refractivity contribution in [1.82, 2.24) is 15.2 Å². The molecule has 0 bridgehead atoms. The van der Waals surface area contributed by atoms with Crippen LogP contribution in [-0.4, -0.2) is 15.2 Å². The van der Waals surface area contributed by atoms with Gasteiger partial charge < -0.3 is 5.32 Å². The first-order chi connectivity index (χ1) is 25.5. The number of nitrogens with one attached hydrogen (secondary N) is 1. The lowest BCUT2D eigenvalue weighted by atomic mass is 9.91. The third-order valence-corrected chi connectivity index (χ3v) is 9.45. The van der Waals surface area contributed by atoms with Crippen LogP contribution in [0.4, 0.5) is 5.69 Å². The van der Waals surface area contributed by atoms with Gasteiger partial charge in [-0.25, -0.2) is 0 Å². The molecule has 1 aliphatic heterocycles. The predicted molar refractivity (Wildman–Crippen MR) is 230 cm³/mol. The molecule has 53 heavy (non-hydrogen) atoms. The third kappa shape index (κ3) is 10.0. The molecule has 1 aliphatic rings. The fraction of sp³-hybridized carbons (Fsp3) is 0.245. The predicted octanol–water partition coefficient (Wildman–Crippen LogP) is 13.7. The highest BCUT2D eigenvalue weighted by Crippen LogP contribution is 2.34. The van der Waals surface area contributed by atoms with Crippen molar-refractivity contribution in [2.75, 3.05) is 5.32 Å². The quantitative estimate of drug-likeness (QED) is 0.199. The van der Waals surface area contributed by atoms with Crippen molar-refractivity contribution in [2.45, 2.75) is 73.1 Å². The summed E-state index contributed by atoms with van der Waals surface area (Å²) in [5.74, 6) is 2.19. The van der Waals surface area contributed by atoms with E-state index in [1.165, 1.54) is 60.4 Å². The first-order valence-corrected chi connectivity index (χ1v) is 18.8. The number of hydrogen-bond acceptors (Lipinski definition) is 4. The highest BCUT2D eigenvalue weighted by Gasteiger charge is 2.15. The van der Waals surface area contributed by atoms with Crippen molar-refractivity contribution < 1.29 is 0 Å². The Morgan fingerprint density at radius 2 is 1.13 bits per heavy atom. The Morgan fingerprint density at radius 3 is 1.83 bits per heavy atom. The second-order valence-electron chi connectivity index (χ2n) is 14.8. The van der Waals surface area contributed by atoms with E-state index in [1.807, 2.05) is 48.9 Å². The van der Waals surface area contributed by atoms with Crippen LogP contribution in [0.2, 0.25) is 0 Å². The van der Waals surface area contributed by atoms with Crippen LogP contribution in [0.3, 0.4) is 0 Å². The van der Waals surface area contributed by atoms with E-state index in [0.29, 0.717) is 23.7 Å². The van der Waals surface area contributed by atoms with E-state index in [2.05, 4.69) is 173 Å².